The van der Waals surface area contributed by atoms with Crippen molar-refractivity contribution in [3.05, 3.63) is 162 Å². The summed E-state index contributed by atoms with van der Waals surface area (Å²) in [7, 11) is 2.86. The fraction of sp³-hybridized carbons (Fsp3) is 0.143. The third-order valence-corrected chi connectivity index (χ3v) is 9.63. The molecule has 0 bridgehead atoms. The van der Waals surface area contributed by atoms with Gasteiger partial charge in [0, 0.05) is 0 Å². The van der Waals surface area contributed by atoms with E-state index in [1.807, 2.05) is 0 Å². The predicted octanol–water partition coefficient (Wildman–Crippen LogP) is 10.5. The first-order chi connectivity index (χ1) is 30.9. The van der Waals surface area contributed by atoms with Gasteiger partial charge < -0.3 is 18.9 Å². The lowest BCUT2D eigenvalue weighted by Gasteiger charge is -2.14. The molecule has 0 amide bonds. The number of carbonyl (C=O) groups excluding carboxylic acids is 4. The summed E-state index contributed by atoms with van der Waals surface area (Å²) in [6, 6.07) is 0. The fourth-order valence-corrected chi connectivity index (χ4v) is 6.51. The Kier molecular flexibility index (Phi) is 14.3. The Morgan fingerprint density at radius 2 is 0.424 bits per heavy atom. The minimum absolute atomic E-state index is 0.564. The lowest BCUT2D eigenvalue weighted by Crippen LogP contribution is -2.15. The molecule has 4 aromatic rings. The van der Waals surface area contributed by atoms with E-state index in [0.717, 1.165) is 24.3 Å². The number of rotatable bonds is 8. The van der Waals surface area contributed by atoms with E-state index in [1.165, 1.54) is 0 Å². The highest BCUT2D eigenvalue weighted by atomic mass is 19.2. The van der Waals surface area contributed by atoms with Gasteiger partial charge in [-0.2, -0.15) is 0 Å². The zero-order valence-corrected chi connectivity index (χ0v) is 33.0. The van der Waals surface area contributed by atoms with Gasteiger partial charge in [-0.05, 0) is 35.1 Å². The molecule has 0 aromatic heterocycles. The monoisotopic (exact) mass is 956 g/mol. The largest absolute Gasteiger partial charge is 0.465 e. The quantitative estimate of drug-likeness (QED) is 0.0744. The molecule has 0 spiro atoms. The molecule has 24 heteroatoms. The number of carbonyl (C=O) groups is 4. The summed E-state index contributed by atoms with van der Waals surface area (Å²) in [5.74, 6) is -39.5. The molecule has 6 rings (SSSR count). The van der Waals surface area contributed by atoms with Crippen molar-refractivity contribution < 1.29 is 108 Å². The highest BCUT2D eigenvalue weighted by molar-refractivity contribution is 5.95. The molecule has 0 saturated heterocycles. The second-order valence-electron chi connectivity index (χ2n) is 13.1. The van der Waals surface area contributed by atoms with Crippen LogP contribution in [0.5, 0.6) is 0 Å². The van der Waals surface area contributed by atoms with Crippen molar-refractivity contribution in [2.24, 2.45) is 0 Å². The van der Waals surface area contributed by atoms with Gasteiger partial charge in [0.25, 0.3) is 0 Å². The number of methoxy groups -OCH3 is 4. The predicted molar refractivity (Wildman–Crippen MR) is 192 cm³/mol. The van der Waals surface area contributed by atoms with E-state index < -0.39 is 197 Å². The molecule has 348 valence electrons. The summed E-state index contributed by atoms with van der Waals surface area (Å²) in [6.07, 6.45) is 1.56. The standard InChI is InChI=1S/2C21H10F8O4/c2*1-32-20(30)10-16(26)12(22)8(13(23)17(10)27)6-3-4-7(5-6)9-14(24)18(28)11(21(31)33-2)19(29)15(9)25/h2*3-4H,5H2,1-2H3. The SMILES string of the molecule is COC(=O)c1c(F)c(F)c(C2=CC=C(c3c(F)c(F)c(C(=O)OC)c(F)c3F)C2)c(F)c1F.COC(=O)c1c(F)c(F)c(C2=CC=C(c3c(F)c(F)c(C(=O)OC)c(F)c3F)C2)c(F)c1F. The maximum absolute atomic E-state index is 14.5. The van der Waals surface area contributed by atoms with Gasteiger partial charge in [-0.25, -0.2) is 89.4 Å². The van der Waals surface area contributed by atoms with Crippen molar-refractivity contribution in [3.63, 3.8) is 0 Å². The van der Waals surface area contributed by atoms with E-state index in [0.29, 0.717) is 28.4 Å². The Morgan fingerprint density at radius 1 is 0.288 bits per heavy atom. The van der Waals surface area contributed by atoms with Crippen LogP contribution in [0.2, 0.25) is 0 Å². The van der Waals surface area contributed by atoms with Gasteiger partial charge in [0.05, 0.1) is 50.7 Å². The number of halogens is 16. The third kappa shape index (κ3) is 8.14. The maximum Gasteiger partial charge on any atom is 0.344 e. The van der Waals surface area contributed by atoms with Crippen LogP contribution in [0.25, 0.3) is 22.3 Å². The van der Waals surface area contributed by atoms with Gasteiger partial charge >= 0.3 is 23.9 Å². The van der Waals surface area contributed by atoms with Crippen LogP contribution in [0.3, 0.4) is 0 Å². The van der Waals surface area contributed by atoms with Gasteiger partial charge in [-0.3, -0.25) is 0 Å². The Labute approximate surface area is 357 Å². The van der Waals surface area contributed by atoms with Crippen LogP contribution in [-0.4, -0.2) is 52.3 Å². The van der Waals surface area contributed by atoms with Crippen LogP contribution in [0.4, 0.5) is 70.2 Å². The van der Waals surface area contributed by atoms with Crippen LogP contribution in [-0.2, 0) is 18.9 Å². The zero-order valence-electron chi connectivity index (χ0n) is 33.0. The number of benzene rings is 4. The van der Waals surface area contributed by atoms with Crippen molar-refractivity contribution in [2.75, 3.05) is 28.4 Å². The van der Waals surface area contributed by atoms with Crippen molar-refractivity contribution in [1.82, 2.24) is 0 Å². The molecule has 66 heavy (non-hydrogen) atoms. The van der Waals surface area contributed by atoms with Crippen molar-refractivity contribution in [1.29, 1.82) is 0 Å². The van der Waals surface area contributed by atoms with E-state index in [-0.39, 0.29) is 0 Å². The smallest absolute Gasteiger partial charge is 0.344 e. The second-order valence-corrected chi connectivity index (χ2v) is 13.1. The van der Waals surface area contributed by atoms with E-state index in [1.54, 1.807) is 0 Å². The molecule has 0 heterocycles. The first kappa shape index (κ1) is 49.6. The van der Waals surface area contributed by atoms with Gasteiger partial charge in [0.15, 0.2) is 93.1 Å². The lowest BCUT2D eigenvalue weighted by molar-refractivity contribution is 0.0577. The molecule has 0 fully saturated rings. The minimum Gasteiger partial charge on any atom is -0.465 e. The van der Waals surface area contributed by atoms with Crippen LogP contribution in [0, 0.1) is 93.1 Å². The van der Waals surface area contributed by atoms with Crippen LogP contribution < -0.4 is 0 Å². The average molecular weight is 957 g/mol. The number of allylic oxidation sites excluding steroid dienone is 8. The van der Waals surface area contributed by atoms with E-state index in [4.69, 9.17) is 0 Å². The molecule has 2 aliphatic rings. The van der Waals surface area contributed by atoms with Crippen molar-refractivity contribution in [2.45, 2.75) is 12.8 Å². The Bertz CT molecular complexity index is 2450. The Hall–Kier alpha value is -7.40. The summed E-state index contributed by atoms with van der Waals surface area (Å²) in [5.41, 5.74) is -14.0. The molecule has 0 radical (unpaired) electrons. The van der Waals surface area contributed by atoms with Crippen molar-refractivity contribution >= 4 is 46.2 Å². The molecular formula is C42H20F16O8. The summed E-state index contributed by atoms with van der Waals surface area (Å²) < 4.78 is 246. The molecule has 0 aliphatic heterocycles. The van der Waals surface area contributed by atoms with Crippen molar-refractivity contribution in [3.8, 4) is 0 Å². The highest BCUT2D eigenvalue weighted by Gasteiger charge is 2.37. The van der Waals surface area contributed by atoms with Crippen LogP contribution >= 0.6 is 0 Å². The third-order valence-electron chi connectivity index (χ3n) is 9.63. The molecule has 0 N–H and O–H groups in total. The van der Waals surface area contributed by atoms with Gasteiger partial charge in [0.2, 0.25) is 0 Å². The minimum atomic E-state index is -2.08. The van der Waals surface area contributed by atoms with E-state index in [2.05, 4.69) is 18.9 Å². The first-order valence-electron chi connectivity index (χ1n) is 17.5. The normalized spacial score (nSPS) is 13.0. The highest BCUT2D eigenvalue weighted by Crippen LogP contribution is 2.43. The summed E-state index contributed by atoms with van der Waals surface area (Å²) in [4.78, 5) is 45.7. The summed E-state index contributed by atoms with van der Waals surface area (Å²) in [6.45, 7) is 0. The van der Waals surface area contributed by atoms with Gasteiger partial charge in [0.1, 0.15) is 22.3 Å². The number of hydrogen-bond donors (Lipinski definition) is 0. The molecule has 0 atom stereocenters. The van der Waals surface area contributed by atoms with E-state index in [9.17, 15) is 89.4 Å². The van der Waals surface area contributed by atoms with Gasteiger partial charge in [-0.1, -0.05) is 24.3 Å². The number of hydrogen-bond acceptors (Lipinski definition) is 8. The lowest BCUT2D eigenvalue weighted by atomic mass is 9.95. The van der Waals surface area contributed by atoms with Crippen LogP contribution in [0.1, 0.15) is 76.5 Å². The van der Waals surface area contributed by atoms with E-state index >= 15 is 0 Å². The molecule has 4 aromatic carbocycles. The summed E-state index contributed by atoms with van der Waals surface area (Å²) in [5, 5.41) is 0. The topological polar surface area (TPSA) is 105 Å². The Balaban J connectivity index is 0.000000247. The first-order valence-corrected chi connectivity index (χ1v) is 17.5. The second kappa shape index (κ2) is 19.0. The molecule has 0 saturated carbocycles. The van der Waals surface area contributed by atoms with Gasteiger partial charge in [-0.15, -0.1) is 0 Å². The zero-order chi connectivity index (χ0) is 49.5. The maximum atomic E-state index is 14.5. The number of ether oxygens (including phenoxy) is 4. The van der Waals surface area contributed by atoms with Crippen LogP contribution in [0.15, 0.2) is 24.3 Å². The Morgan fingerprint density at radius 3 is 0.545 bits per heavy atom. The molecule has 2 aliphatic carbocycles. The number of esters is 4. The molecular weight excluding hydrogens is 936 g/mol. The molecule has 0 unspecified atom stereocenters. The fourth-order valence-electron chi connectivity index (χ4n) is 6.51. The average Bonchev–Trinajstić information content (AvgIpc) is 3.97. The summed E-state index contributed by atoms with van der Waals surface area (Å²) >= 11 is 0. The molecule has 8 nitrogen and oxygen atoms in total.